The lowest BCUT2D eigenvalue weighted by atomic mass is 9.97. The summed E-state index contributed by atoms with van der Waals surface area (Å²) < 4.78 is 27.4. The van der Waals surface area contributed by atoms with Crippen molar-refractivity contribution in [3.05, 3.63) is 64.7 Å². The highest BCUT2D eigenvalue weighted by Gasteiger charge is 2.23. The molecule has 2 N–H and O–H groups in total. The van der Waals surface area contributed by atoms with Crippen molar-refractivity contribution in [2.24, 2.45) is 5.92 Å². The monoisotopic (exact) mass is 463 g/mol. The Hall–Kier alpha value is -1.93. The summed E-state index contributed by atoms with van der Waals surface area (Å²) in [6.07, 6.45) is 2.13. The minimum Gasteiger partial charge on any atom is -0.352 e. The van der Waals surface area contributed by atoms with Crippen LogP contribution in [0.5, 0.6) is 0 Å². The summed E-state index contributed by atoms with van der Waals surface area (Å²) in [7, 11) is -3.70. The summed E-state index contributed by atoms with van der Waals surface area (Å²) in [4.78, 5) is 15.2. The smallest absolute Gasteiger partial charge is 0.252 e. The fourth-order valence-corrected chi connectivity index (χ4v) is 5.34. The van der Waals surface area contributed by atoms with Crippen LogP contribution in [0.15, 0.2) is 53.4 Å². The first-order valence-corrected chi connectivity index (χ1v) is 12.5. The van der Waals surface area contributed by atoms with Crippen molar-refractivity contribution in [1.82, 2.24) is 14.9 Å². The molecule has 0 spiro atoms. The van der Waals surface area contributed by atoms with Crippen molar-refractivity contribution >= 4 is 27.5 Å². The average Bonchev–Trinajstić information content (AvgIpc) is 2.72. The van der Waals surface area contributed by atoms with E-state index in [1.807, 2.05) is 18.2 Å². The van der Waals surface area contributed by atoms with Crippen LogP contribution in [0.4, 0.5) is 0 Å². The molecule has 0 saturated carbocycles. The van der Waals surface area contributed by atoms with Gasteiger partial charge in [-0.3, -0.25) is 9.69 Å². The Bertz CT molecular complexity index is 996. The van der Waals surface area contributed by atoms with E-state index in [0.717, 1.165) is 32.5 Å². The fraction of sp³-hybridized carbons (Fsp3) is 0.435. The van der Waals surface area contributed by atoms with Crippen LogP contribution in [-0.4, -0.2) is 44.9 Å². The van der Waals surface area contributed by atoms with E-state index in [1.54, 1.807) is 13.8 Å². The zero-order valence-electron chi connectivity index (χ0n) is 18.0. The lowest BCUT2D eigenvalue weighted by molar-refractivity contribution is 0.0930. The molecule has 1 atom stereocenters. The number of carbonyl (C=O) groups excluding carboxylic acids is 1. The van der Waals surface area contributed by atoms with Gasteiger partial charge in [0.15, 0.2) is 0 Å². The maximum atomic E-state index is 12.8. The Morgan fingerprint density at radius 1 is 1.19 bits per heavy atom. The predicted octanol–water partition coefficient (Wildman–Crippen LogP) is 3.67. The lowest BCUT2D eigenvalue weighted by Gasteiger charge is -2.32. The molecule has 2 aromatic rings. The molecule has 31 heavy (non-hydrogen) atoms. The van der Waals surface area contributed by atoms with Gasteiger partial charge in [-0.1, -0.05) is 41.9 Å². The second-order valence-corrected chi connectivity index (χ2v) is 10.5. The molecule has 1 fully saturated rings. The Labute approximate surface area is 190 Å². The van der Waals surface area contributed by atoms with Crippen molar-refractivity contribution in [2.45, 2.75) is 44.2 Å². The topological polar surface area (TPSA) is 78.5 Å². The first-order chi connectivity index (χ1) is 14.7. The Morgan fingerprint density at radius 2 is 1.94 bits per heavy atom. The summed E-state index contributed by atoms with van der Waals surface area (Å²) in [5.74, 6) is -0.0125. The number of nitrogens with zero attached hydrogens (tertiary/aromatic N) is 1. The molecule has 2 aromatic carbocycles. The van der Waals surface area contributed by atoms with Crippen LogP contribution in [0.25, 0.3) is 0 Å². The summed E-state index contributed by atoms with van der Waals surface area (Å²) in [6.45, 7) is 6.88. The third-order valence-electron chi connectivity index (χ3n) is 5.29. The van der Waals surface area contributed by atoms with E-state index in [4.69, 9.17) is 11.6 Å². The highest BCUT2D eigenvalue weighted by molar-refractivity contribution is 7.89. The third-order valence-corrected chi connectivity index (χ3v) is 7.27. The van der Waals surface area contributed by atoms with Gasteiger partial charge in [0.05, 0.1) is 15.5 Å². The summed E-state index contributed by atoms with van der Waals surface area (Å²) in [5.41, 5.74) is 1.46. The first-order valence-electron chi connectivity index (χ1n) is 10.6. The van der Waals surface area contributed by atoms with Crippen molar-refractivity contribution in [2.75, 3.05) is 19.6 Å². The number of benzene rings is 2. The Balaban J connectivity index is 1.60. The molecule has 1 aliphatic heterocycles. The summed E-state index contributed by atoms with van der Waals surface area (Å²) in [5, 5.41) is 3.18. The van der Waals surface area contributed by atoms with Gasteiger partial charge in [0, 0.05) is 25.7 Å². The van der Waals surface area contributed by atoms with Gasteiger partial charge in [-0.05, 0) is 62.9 Å². The Kier molecular flexibility index (Phi) is 8.11. The molecule has 1 saturated heterocycles. The maximum Gasteiger partial charge on any atom is 0.252 e. The van der Waals surface area contributed by atoms with Crippen LogP contribution in [0, 0.1) is 5.92 Å². The van der Waals surface area contributed by atoms with Crippen LogP contribution < -0.4 is 10.0 Å². The van der Waals surface area contributed by atoms with Gasteiger partial charge in [0.25, 0.3) is 5.91 Å². The third kappa shape index (κ3) is 6.77. The number of sulfonamides is 1. The second-order valence-electron chi connectivity index (χ2n) is 8.36. The van der Waals surface area contributed by atoms with Crippen molar-refractivity contribution < 1.29 is 13.2 Å². The van der Waals surface area contributed by atoms with Gasteiger partial charge < -0.3 is 5.32 Å². The molecule has 0 aromatic heterocycles. The van der Waals surface area contributed by atoms with Gasteiger partial charge in [-0.2, -0.15) is 0 Å². The highest BCUT2D eigenvalue weighted by atomic mass is 35.5. The summed E-state index contributed by atoms with van der Waals surface area (Å²) in [6, 6.07) is 14.3. The minimum absolute atomic E-state index is 0.0300. The second kappa shape index (κ2) is 10.6. The van der Waals surface area contributed by atoms with E-state index < -0.39 is 10.0 Å². The van der Waals surface area contributed by atoms with Gasteiger partial charge in [-0.25, -0.2) is 13.1 Å². The normalized spacial score (nSPS) is 17.6. The Morgan fingerprint density at radius 3 is 2.65 bits per heavy atom. The van der Waals surface area contributed by atoms with Crippen molar-refractivity contribution in [3.8, 4) is 0 Å². The molecule has 0 radical (unpaired) electrons. The van der Waals surface area contributed by atoms with Gasteiger partial charge in [0.1, 0.15) is 0 Å². The number of hydrogen-bond acceptors (Lipinski definition) is 4. The standard InChI is InChI=1S/C23H30ClN3O3S/c1-17(2)26-31(29,30)20-10-11-22(24)21(13-20)23(28)25-14-19-9-6-12-27(16-19)15-18-7-4-3-5-8-18/h3-5,7-8,10-11,13,17,19,26H,6,9,12,14-16H2,1-2H3,(H,25,28). The average molecular weight is 464 g/mol. The molecule has 1 amide bonds. The van der Waals surface area contributed by atoms with Gasteiger partial charge >= 0.3 is 0 Å². The molecule has 3 rings (SSSR count). The van der Waals surface area contributed by atoms with E-state index in [0.29, 0.717) is 12.5 Å². The molecule has 168 valence electrons. The van der Waals surface area contributed by atoms with Crippen LogP contribution in [0.2, 0.25) is 5.02 Å². The number of carbonyl (C=O) groups is 1. The number of halogens is 1. The summed E-state index contributed by atoms with van der Waals surface area (Å²) >= 11 is 6.20. The zero-order chi connectivity index (χ0) is 22.4. The number of rotatable bonds is 8. The predicted molar refractivity (Wildman–Crippen MR) is 124 cm³/mol. The largest absolute Gasteiger partial charge is 0.352 e. The SMILES string of the molecule is CC(C)NS(=O)(=O)c1ccc(Cl)c(C(=O)NCC2CCCN(Cc3ccccc3)C2)c1. The van der Waals surface area contributed by atoms with Crippen LogP contribution >= 0.6 is 11.6 Å². The van der Waals surface area contributed by atoms with Gasteiger partial charge in [-0.15, -0.1) is 0 Å². The molecule has 0 bridgehead atoms. The molecule has 8 heteroatoms. The highest BCUT2D eigenvalue weighted by Crippen LogP contribution is 2.22. The van der Waals surface area contributed by atoms with Crippen LogP contribution in [-0.2, 0) is 16.6 Å². The number of likely N-dealkylation sites (tertiary alicyclic amines) is 1. The quantitative estimate of drug-likeness (QED) is 0.626. The van der Waals surface area contributed by atoms with Crippen molar-refractivity contribution in [3.63, 3.8) is 0 Å². The molecule has 0 aliphatic carbocycles. The van der Waals surface area contributed by atoms with E-state index in [2.05, 4.69) is 27.1 Å². The zero-order valence-corrected chi connectivity index (χ0v) is 19.5. The molecular formula is C23H30ClN3O3S. The molecule has 6 nitrogen and oxygen atoms in total. The van der Waals surface area contributed by atoms with E-state index in [1.165, 1.54) is 23.8 Å². The van der Waals surface area contributed by atoms with E-state index in [-0.39, 0.29) is 27.4 Å². The molecule has 1 unspecified atom stereocenters. The number of amides is 1. The first kappa shape index (κ1) is 23.7. The van der Waals surface area contributed by atoms with E-state index in [9.17, 15) is 13.2 Å². The molecule has 1 heterocycles. The minimum atomic E-state index is -3.70. The number of piperidine rings is 1. The van der Waals surface area contributed by atoms with Crippen molar-refractivity contribution in [1.29, 1.82) is 0 Å². The number of nitrogens with one attached hydrogen (secondary N) is 2. The molecular weight excluding hydrogens is 434 g/mol. The van der Waals surface area contributed by atoms with E-state index >= 15 is 0 Å². The number of hydrogen-bond donors (Lipinski definition) is 2. The van der Waals surface area contributed by atoms with Crippen LogP contribution in [0.3, 0.4) is 0 Å². The fourth-order valence-electron chi connectivity index (χ4n) is 3.86. The maximum absolute atomic E-state index is 12.8. The molecule has 1 aliphatic rings. The van der Waals surface area contributed by atoms with Crippen LogP contribution in [0.1, 0.15) is 42.6 Å². The van der Waals surface area contributed by atoms with Gasteiger partial charge in [0.2, 0.25) is 10.0 Å². The lowest BCUT2D eigenvalue weighted by Crippen LogP contribution is -2.40.